The molecule has 0 fully saturated rings. The van der Waals surface area contributed by atoms with E-state index in [0.717, 1.165) is 12.1 Å². The zero-order valence-electron chi connectivity index (χ0n) is 12.9. The third-order valence-electron chi connectivity index (χ3n) is 3.36. The van der Waals surface area contributed by atoms with Gasteiger partial charge in [0.2, 0.25) is 5.88 Å². The lowest BCUT2D eigenvalue weighted by Crippen LogP contribution is -2.11. The van der Waals surface area contributed by atoms with Crippen LogP contribution in [0.4, 0.5) is 14.5 Å². The number of nitrogens with zero attached hydrogens (tertiary/aromatic N) is 2. The molecule has 3 aromatic rings. The average Bonchev–Trinajstić information content (AvgIpc) is 2.89. The molecule has 2 heterocycles. The van der Waals surface area contributed by atoms with E-state index in [0.29, 0.717) is 33.1 Å². The fraction of sp³-hybridized carbons (Fsp3) is 0.188. The van der Waals surface area contributed by atoms with Gasteiger partial charge in [0.25, 0.3) is 5.91 Å². The van der Waals surface area contributed by atoms with Gasteiger partial charge in [-0.3, -0.25) is 4.79 Å². The van der Waals surface area contributed by atoms with Crippen LogP contribution in [-0.2, 0) is 0 Å². The summed E-state index contributed by atoms with van der Waals surface area (Å²) in [7, 11) is 0. The number of hydrogen-bond acceptors (Lipinski definition) is 5. The van der Waals surface area contributed by atoms with Gasteiger partial charge in [0, 0.05) is 11.8 Å². The molecule has 0 aliphatic rings. The molecular weight excluding hydrogens is 336 g/mol. The second kappa shape index (κ2) is 6.48. The smallest absolute Gasteiger partial charge is 0.266 e. The first-order chi connectivity index (χ1) is 11.5. The van der Waals surface area contributed by atoms with Crippen LogP contribution in [0.15, 0.2) is 24.5 Å². The van der Waals surface area contributed by atoms with Gasteiger partial charge in [-0.25, -0.2) is 18.7 Å². The fourth-order valence-electron chi connectivity index (χ4n) is 2.26. The normalized spacial score (nSPS) is 10.8. The molecule has 0 aliphatic heterocycles. The number of aryl methyl sites for hydroxylation is 1. The number of fused-ring (bicyclic) bond motifs is 1. The molecule has 5 nitrogen and oxygen atoms in total. The topological polar surface area (TPSA) is 64.1 Å². The lowest BCUT2D eigenvalue weighted by molar-refractivity contribution is 0.103. The Hall–Kier alpha value is -2.61. The van der Waals surface area contributed by atoms with Gasteiger partial charge in [-0.2, -0.15) is 0 Å². The minimum atomic E-state index is -1.02. The number of benzene rings is 1. The van der Waals surface area contributed by atoms with Crippen molar-refractivity contribution in [3.63, 3.8) is 0 Å². The van der Waals surface area contributed by atoms with Gasteiger partial charge in [0.1, 0.15) is 11.2 Å². The van der Waals surface area contributed by atoms with E-state index in [2.05, 4.69) is 15.3 Å². The maximum absolute atomic E-state index is 13.3. The molecule has 0 saturated carbocycles. The molecule has 24 heavy (non-hydrogen) atoms. The summed E-state index contributed by atoms with van der Waals surface area (Å²) in [5.74, 6) is -2.00. The van der Waals surface area contributed by atoms with Crippen LogP contribution >= 0.6 is 11.3 Å². The largest absolute Gasteiger partial charge is 0.477 e. The molecule has 2 aromatic heterocycles. The Morgan fingerprint density at radius 1 is 1.29 bits per heavy atom. The second-order valence-electron chi connectivity index (χ2n) is 4.93. The first-order valence-electron chi connectivity index (χ1n) is 7.14. The fourth-order valence-corrected chi connectivity index (χ4v) is 3.30. The third-order valence-corrected chi connectivity index (χ3v) is 4.56. The third kappa shape index (κ3) is 2.92. The van der Waals surface area contributed by atoms with Crippen molar-refractivity contribution in [1.82, 2.24) is 9.97 Å². The van der Waals surface area contributed by atoms with Crippen molar-refractivity contribution < 1.29 is 18.3 Å². The molecule has 1 N–H and O–H groups in total. The van der Waals surface area contributed by atoms with Crippen LogP contribution in [0.25, 0.3) is 10.2 Å². The summed E-state index contributed by atoms with van der Waals surface area (Å²) in [6.45, 7) is 4.05. The van der Waals surface area contributed by atoms with E-state index in [1.54, 1.807) is 6.92 Å². The van der Waals surface area contributed by atoms with Crippen molar-refractivity contribution in [2.45, 2.75) is 13.8 Å². The number of ether oxygens (including phenoxy) is 1. The van der Waals surface area contributed by atoms with E-state index in [-0.39, 0.29) is 5.69 Å². The van der Waals surface area contributed by atoms with E-state index < -0.39 is 17.5 Å². The minimum Gasteiger partial charge on any atom is -0.477 e. The molecule has 0 atom stereocenters. The van der Waals surface area contributed by atoms with Gasteiger partial charge in [0.05, 0.1) is 16.9 Å². The number of hydrogen-bond donors (Lipinski definition) is 1. The first kappa shape index (κ1) is 16.3. The number of anilines is 1. The molecule has 8 heteroatoms. The summed E-state index contributed by atoms with van der Waals surface area (Å²) in [4.78, 5) is 21.7. The van der Waals surface area contributed by atoms with Crippen LogP contribution in [0.1, 0.15) is 22.2 Å². The van der Waals surface area contributed by atoms with Gasteiger partial charge in [0.15, 0.2) is 11.6 Å². The summed E-state index contributed by atoms with van der Waals surface area (Å²) in [6.07, 6.45) is 1.38. The predicted octanol–water partition coefficient (Wildman–Crippen LogP) is 3.93. The Labute approximate surface area is 140 Å². The summed E-state index contributed by atoms with van der Waals surface area (Å²) in [5.41, 5.74) is 0.853. The Balaban J connectivity index is 1.96. The molecule has 1 aromatic carbocycles. The van der Waals surface area contributed by atoms with Crippen LogP contribution in [-0.4, -0.2) is 22.5 Å². The number of aromatic nitrogens is 2. The highest BCUT2D eigenvalue weighted by molar-refractivity contribution is 7.20. The van der Waals surface area contributed by atoms with Crippen LogP contribution in [0.5, 0.6) is 5.88 Å². The molecular formula is C16H13F2N3O2S. The van der Waals surface area contributed by atoms with Gasteiger partial charge < -0.3 is 10.1 Å². The highest BCUT2D eigenvalue weighted by atomic mass is 32.1. The number of carbonyl (C=O) groups excluding carboxylic acids is 1. The summed E-state index contributed by atoms with van der Waals surface area (Å²) in [5, 5.41) is 3.24. The molecule has 0 saturated heterocycles. The number of rotatable bonds is 4. The van der Waals surface area contributed by atoms with Crippen molar-refractivity contribution in [2.75, 3.05) is 11.9 Å². The van der Waals surface area contributed by atoms with Crippen molar-refractivity contribution >= 4 is 33.1 Å². The molecule has 0 spiro atoms. The molecule has 0 aliphatic carbocycles. The summed E-state index contributed by atoms with van der Waals surface area (Å²) in [6, 6.07) is 3.19. The molecule has 3 rings (SSSR count). The van der Waals surface area contributed by atoms with Crippen molar-refractivity contribution in [3.8, 4) is 5.88 Å². The van der Waals surface area contributed by atoms with E-state index in [9.17, 15) is 13.6 Å². The van der Waals surface area contributed by atoms with Crippen molar-refractivity contribution in [1.29, 1.82) is 0 Å². The highest BCUT2D eigenvalue weighted by Gasteiger charge is 2.20. The zero-order valence-corrected chi connectivity index (χ0v) is 13.7. The van der Waals surface area contributed by atoms with Gasteiger partial charge >= 0.3 is 0 Å². The second-order valence-corrected chi connectivity index (χ2v) is 5.93. The standard InChI is InChI=1S/C16H13F2N3O2S/c1-3-23-15-12-8(2)13(24-16(12)20-7-19-15)14(22)21-9-4-5-10(17)11(18)6-9/h4-7H,3H2,1-2H3,(H,21,22). The summed E-state index contributed by atoms with van der Waals surface area (Å²) < 4.78 is 31.7. The molecule has 0 unspecified atom stereocenters. The van der Waals surface area contributed by atoms with Crippen molar-refractivity contribution in [2.24, 2.45) is 0 Å². The minimum absolute atomic E-state index is 0.173. The highest BCUT2D eigenvalue weighted by Crippen LogP contribution is 2.34. The Morgan fingerprint density at radius 2 is 2.08 bits per heavy atom. The zero-order chi connectivity index (χ0) is 17.3. The van der Waals surface area contributed by atoms with Gasteiger partial charge in [-0.05, 0) is 31.5 Å². The van der Waals surface area contributed by atoms with Gasteiger partial charge in [-0.1, -0.05) is 0 Å². The van der Waals surface area contributed by atoms with Crippen LogP contribution in [0.3, 0.4) is 0 Å². The van der Waals surface area contributed by atoms with E-state index in [4.69, 9.17) is 4.74 Å². The number of halogens is 2. The monoisotopic (exact) mass is 349 g/mol. The van der Waals surface area contributed by atoms with Crippen LogP contribution in [0, 0.1) is 18.6 Å². The van der Waals surface area contributed by atoms with E-state index in [1.807, 2.05) is 6.92 Å². The Bertz CT molecular complexity index is 927. The first-order valence-corrected chi connectivity index (χ1v) is 7.96. The lowest BCUT2D eigenvalue weighted by Gasteiger charge is -2.05. The molecule has 0 radical (unpaired) electrons. The number of carbonyl (C=O) groups is 1. The van der Waals surface area contributed by atoms with E-state index >= 15 is 0 Å². The van der Waals surface area contributed by atoms with Crippen molar-refractivity contribution in [3.05, 3.63) is 46.6 Å². The lowest BCUT2D eigenvalue weighted by atomic mass is 10.2. The van der Waals surface area contributed by atoms with E-state index in [1.165, 1.54) is 23.7 Å². The average molecular weight is 349 g/mol. The van der Waals surface area contributed by atoms with Crippen LogP contribution in [0.2, 0.25) is 0 Å². The van der Waals surface area contributed by atoms with Crippen LogP contribution < -0.4 is 10.1 Å². The maximum atomic E-state index is 13.3. The Morgan fingerprint density at radius 3 is 2.79 bits per heavy atom. The van der Waals surface area contributed by atoms with Gasteiger partial charge in [-0.15, -0.1) is 11.3 Å². The number of amides is 1. The number of thiophene rings is 1. The molecule has 1 amide bonds. The summed E-state index contributed by atoms with van der Waals surface area (Å²) >= 11 is 1.19. The molecule has 124 valence electrons. The quantitative estimate of drug-likeness (QED) is 0.775. The maximum Gasteiger partial charge on any atom is 0.266 e. The predicted molar refractivity (Wildman–Crippen MR) is 87.6 cm³/mol. The number of nitrogens with one attached hydrogen (secondary N) is 1. The Kier molecular flexibility index (Phi) is 4.39. The SMILES string of the molecule is CCOc1ncnc2sc(C(=O)Nc3ccc(F)c(F)c3)c(C)c12. The molecule has 0 bridgehead atoms.